The average molecular weight is 295 g/mol. The molecule has 22 heavy (non-hydrogen) atoms. The summed E-state index contributed by atoms with van der Waals surface area (Å²) in [5.74, 6) is -0.0965. The summed E-state index contributed by atoms with van der Waals surface area (Å²) in [4.78, 5) is 10.8. The zero-order chi connectivity index (χ0) is 15.4. The van der Waals surface area contributed by atoms with Crippen LogP contribution in [0, 0.1) is 0 Å². The van der Waals surface area contributed by atoms with Crippen LogP contribution < -0.4 is 5.32 Å². The molecule has 0 heterocycles. The van der Waals surface area contributed by atoms with Crippen molar-refractivity contribution in [2.75, 3.05) is 0 Å². The monoisotopic (exact) mass is 295 g/mol. The summed E-state index contributed by atoms with van der Waals surface area (Å²) in [7, 11) is 0. The van der Waals surface area contributed by atoms with E-state index in [4.69, 9.17) is 5.11 Å². The lowest BCUT2D eigenvalue weighted by Gasteiger charge is -2.25. The van der Waals surface area contributed by atoms with Gasteiger partial charge in [-0.2, -0.15) is 0 Å². The van der Waals surface area contributed by atoms with Crippen LogP contribution in [0.4, 0.5) is 0 Å². The molecule has 0 spiro atoms. The number of hydrogen-bond acceptors (Lipinski definition) is 2. The quantitative estimate of drug-likeness (QED) is 0.848. The second-order valence-corrected chi connectivity index (χ2v) is 5.98. The first-order chi connectivity index (χ1) is 10.7. The van der Waals surface area contributed by atoms with Crippen molar-refractivity contribution in [1.29, 1.82) is 0 Å². The molecule has 1 aliphatic carbocycles. The number of nitrogens with one attached hydrogen (secondary N) is 1. The third kappa shape index (κ3) is 3.55. The highest BCUT2D eigenvalue weighted by Gasteiger charge is 2.18. The fraction of sp³-hybridized carbons (Fsp3) is 0.316. The van der Waals surface area contributed by atoms with Crippen molar-refractivity contribution in [3.63, 3.8) is 0 Å². The number of carboxylic acid groups (broad SMARTS) is 1. The summed E-state index contributed by atoms with van der Waals surface area (Å²) < 4.78 is 0. The molecule has 114 valence electrons. The van der Waals surface area contributed by atoms with Crippen LogP contribution in [0.3, 0.4) is 0 Å². The SMILES string of the molecule is O=C(O)c1ccc(CNCc2ccc(C3CCC3)cc2)cc1. The molecule has 0 saturated heterocycles. The Morgan fingerprint density at radius 3 is 1.95 bits per heavy atom. The van der Waals surface area contributed by atoms with Gasteiger partial charge in [0.05, 0.1) is 5.56 Å². The molecular formula is C19H21NO2. The minimum absolute atomic E-state index is 0.329. The molecule has 0 aliphatic heterocycles. The molecule has 0 amide bonds. The Hall–Kier alpha value is -2.13. The fourth-order valence-electron chi connectivity index (χ4n) is 2.77. The van der Waals surface area contributed by atoms with E-state index in [0.717, 1.165) is 24.6 Å². The molecule has 2 aromatic rings. The van der Waals surface area contributed by atoms with E-state index < -0.39 is 5.97 Å². The number of benzene rings is 2. The van der Waals surface area contributed by atoms with Crippen LogP contribution >= 0.6 is 0 Å². The van der Waals surface area contributed by atoms with E-state index in [9.17, 15) is 4.79 Å². The molecule has 2 aromatic carbocycles. The summed E-state index contributed by atoms with van der Waals surface area (Å²) in [6.07, 6.45) is 4.04. The zero-order valence-corrected chi connectivity index (χ0v) is 12.6. The molecule has 0 aromatic heterocycles. The second kappa shape index (κ2) is 6.75. The van der Waals surface area contributed by atoms with Crippen LogP contribution in [0.2, 0.25) is 0 Å². The lowest BCUT2D eigenvalue weighted by atomic mass is 9.80. The van der Waals surface area contributed by atoms with Gasteiger partial charge in [0.1, 0.15) is 0 Å². The molecule has 2 N–H and O–H groups in total. The van der Waals surface area contributed by atoms with Crippen molar-refractivity contribution in [2.24, 2.45) is 0 Å². The van der Waals surface area contributed by atoms with Crippen molar-refractivity contribution in [3.8, 4) is 0 Å². The smallest absolute Gasteiger partial charge is 0.335 e. The summed E-state index contributed by atoms with van der Waals surface area (Å²) >= 11 is 0. The lowest BCUT2D eigenvalue weighted by Crippen LogP contribution is -2.13. The van der Waals surface area contributed by atoms with Gasteiger partial charge in [0.2, 0.25) is 0 Å². The van der Waals surface area contributed by atoms with Crippen LogP contribution in [-0.4, -0.2) is 11.1 Å². The van der Waals surface area contributed by atoms with E-state index >= 15 is 0 Å². The van der Waals surface area contributed by atoms with Crippen molar-refractivity contribution in [1.82, 2.24) is 5.32 Å². The predicted octanol–water partition coefficient (Wildman–Crippen LogP) is 3.94. The Morgan fingerprint density at radius 2 is 1.50 bits per heavy atom. The number of rotatable bonds is 6. The molecule has 3 heteroatoms. The summed E-state index contributed by atoms with van der Waals surface area (Å²) in [5, 5.41) is 12.3. The largest absolute Gasteiger partial charge is 0.478 e. The molecular weight excluding hydrogens is 274 g/mol. The van der Waals surface area contributed by atoms with Crippen LogP contribution in [-0.2, 0) is 13.1 Å². The second-order valence-electron chi connectivity index (χ2n) is 5.98. The lowest BCUT2D eigenvalue weighted by molar-refractivity contribution is 0.0697. The minimum atomic E-state index is -0.883. The molecule has 0 radical (unpaired) electrons. The Morgan fingerprint density at radius 1 is 0.955 bits per heavy atom. The molecule has 0 atom stereocenters. The third-order valence-corrected chi connectivity index (χ3v) is 4.42. The highest BCUT2D eigenvalue weighted by molar-refractivity contribution is 5.87. The van der Waals surface area contributed by atoms with Gasteiger partial charge in [-0.1, -0.05) is 42.8 Å². The van der Waals surface area contributed by atoms with Crippen molar-refractivity contribution in [3.05, 3.63) is 70.8 Å². The molecule has 1 aliphatic rings. The van der Waals surface area contributed by atoms with Gasteiger partial charge >= 0.3 is 5.97 Å². The molecule has 0 unspecified atom stereocenters. The Bertz CT molecular complexity index is 627. The van der Waals surface area contributed by atoms with E-state index in [1.807, 2.05) is 12.1 Å². The fourth-order valence-corrected chi connectivity index (χ4v) is 2.77. The van der Waals surface area contributed by atoms with Gasteiger partial charge in [-0.05, 0) is 47.6 Å². The number of hydrogen-bond donors (Lipinski definition) is 2. The maximum absolute atomic E-state index is 10.8. The van der Waals surface area contributed by atoms with Gasteiger partial charge < -0.3 is 10.4 Å². The van der Waals surface area contributed by atoms with Gasteiger partial charge in [-0.25, -0.2) is 4.79 Å². The molecule has 1 saturated carbocycles. The minimum Gasteiger partial charge on any atom is -0.478 e. The first-order valence-electron chi connectivity index (χ1n) is 7.84. The Balaban J connectivity index is 1.48. The Labute approximate surface area is 131 Å². The van der Waals surface area contributed by atoms with Crippen LogP contribution in [0.25, 0.3) is 0 Å². The van der Waals surface area contributed by atoms with E-state index in [1.165, 1.54) is 30.4 Å². The van der Waals surface area contributed by atoms with Crippen LogP contribution in [0.5, 0.6) is 0 Å². The first-order valence-corrected chi connectivity index (χ1v) is 7.84. The number of carboxylic acids is 1. The molecule has 3 nitrogen and oxygen atoms in total. The van der Waals surface area contributed by atoms with Crippen LogP contribution in [0.1, 0.15) is 52.2 Å². The molecule has 3 rings (SSSR count). The van der Waals surface area contributed by atoms with Crippen molar-refractivity contribution < 1.29 is 9.90 Å². The topological polar surface area (TPSA) is 49.3 Å². The third-order valence-electron chi connectivity index (χ3n) is 4.42. The van der Waals surface area contributed by atoms with Crippen molar-refractivity contribution in [2.45, 2.75) is 38.3 Å². The van der Waals surface area contributed by atoms with E-state index in [0.29, 0.717) is 5.56 Å². The normalized spacial score (nSPS) is 14.5. The molecule has 1 fully saturated rings. The summed E-state index contributed by atoms with van der Waals surface area (Å²) in [5.41, 5.74) is 4.18. The summed E-state index contributed by atoms with van der Waals surface area (Å²) in [6, 6.07) is 15.9. The predicted molar refractivity (Wildman–Crippen MR) is 87.0 cm³/mol. The van der Waals surface area contributed by atoms with E-state index in [1.54, 1.807) is 12.1 Å². The average Bonchev–Trinajstić information content (AvgIpc) is 2.48. The van der Waals surface area contributed by atoms with Gasteiger partial charge in [-0.3, -0.25) is 0 Å². The van der Waals surface area contributed by atoms with E-state index in [-0.39, 0.29) is 0 Å². The van der Waals surface area contributed by atoms with Crippen molar-refractivity contribution >= 4 is 5.97 Å². The van der Waals surface area contributed by atoms with Gasteiger partial charge in [-0.15, -0.1) is 0 Å². The zero-order valence-electron chi connectivity index (χ0n) is 12.6. The maximum Gasteiger partial charge on any atom is 0.335 e. The number of carbonyl (C=O) groups is 1. The van der Waals surface area contributed by atoms with Gasteiger partial charge in [0.15, 0.2) is 0 Å². The molecule has 0 bridgehead atoms. The maximum atomic E-state index is 10.8. The summed E-state index contributed by atoms with van der Waals surface area (Å²) in [6.45, 7) is 1.57. The standard InChI is InChI=1S/C19H21NO2/c21-19(22)18-10-6-15(7-11-18)13-20-12-14-4-8-17(9-5-14)16-2-1-3-16/h4-11,16,20H,1-3,12-13H2,(H,21,22). The van der Waals surface area contributed by atoms with Gasteiger partial charge in [0, 0.05) is 13.1 Å². The van der Waals surface area contributed by atoms with Crippen LogP contribution in [0.15, 0.2) is 48.5 Å². The number of aromatic carboxylic acids is 1. The van der Waals surface area contributed by atoms with Gasteiger partial charge in [0.25, 0.3) is 0 Å². The highest BCUT2D eigenvalue weighted by atomic mass is 16.4. The first kappa shape index (κ1) is 14.8. The van der Waals surface area contributed by atoms with E-state index in [2.05, 4.69) is 29.6 Å². The highest BCUT2D eigenvalue weighted by Crippen LogP contribution is 2.36. The Kier molecular flexibility index (Phi) is 4.54.